The van der Waals surface area contributed by atoms with Crippen LogP contribution >= 0.6 is 0 Å². The number of alkyl carbamates (subject to hydrolysis) is 1. The van der Waals surface area contributed by atoms with Gasteiger partial charge in [0.1, 0.15) is 5.60 Å². The first-order valence-corrected chi connectivity index (χ1v) is 10.1. The van der Waals surface area contributed by atoms with Gasteiger partial charge < -0.3 is 25.6 Å². The molecular weight excluding hydrogens is 342 g/mol. The molecule has 0 saturated heterocycles. The molecule has 0 aliphatic carbocycles. The van der Waals surface area contributed by atoms with E-state index in [0.29, 0.717) is 12.6 Å². The SMILES string of the molecule is CCNC(=NCC(C)(C)NC(=O)OC(C)(C)C)NCCCCN(C)C(C)C. The van der Waals surface area contributed by atoms with Gasteiger partial charge in [0.05, 0.1) is 12.1 Å². The molecule has 0 saturated carbocycles. The molecule has 0 fully saturated rings. The molecule has 27 heavy (non-hydrogen) atoms. The van der Waals surface area contributed by atoms with Crippen LogP contribution in [0, 0.1) is 0 Å². The van der Waals surface area contributed by atoms with Gasteiger partial charge in [-0.15, -0.1) is 0 Å². The van der Waals surface area contributed by atoms with E-state index < -0.39 is 17.2 Å². The lowest BCUT2D eigenvalue weighted by atomic mass is 10.1. The van der Waals surface area contributed by atoms with Crippen LogP contribution in [0.4, 0.5) is 4.79 Å². The molecule has 160 valence electrons. The predicted octanol–water partition coefficient (Wildman–Crippen LogP) is 2.97. The Hall–Kier alpha value is -1.50. The molecule has 0 bridgehead atoms. The monoisotopic (exact) mass is 385 g/mol. The molecule has 0 aliphatic heterocycles. The summed E-state index contributed by atoms with van der Waals surface area (Å²) in [5.74, 6) is 0.772. The molecule has 0 aromatic carbocycles. The van der Waals surface area contributed by atoms with Crippen molar-refractivity contribution >= 4 is 12.1 Å². The summed E-state index contributed by atoms with van der Waals surface area (Å²) in [5, 5.41) is 9.49. The molecule has 0 unspecified atom stereocenters. The average molecular weight is 386 g/mol. The van der Waals surface area contributed by atoms with Gasteiger partial charge in [0.2, 0.25) is 0 Å². The van der Waals surface area contributed by atoms with Gasteiger partial charge in [-0.05, 0) is 81.8 Å². The Morgan fingerprint density at radius 2 is 1.74 bits per heavy atom. The van der Waals surface area contributed by atoms with Crippen molar-refractivity contribution in [1.29, 1.82) is 0 Å². The van der Waals surface area contributed by atoms with Crippen LogP contribution in [0.2, 0.25) is 0 Å². The summed E-state index contributed by atoms with van der Waals surface area (Å²) in [7, 11) is 2.16. The highest BCUT2D eigenvalue weighted by atomic mass is 16.6. The van der Waals surface area contributed by atoms with Gasteiger partial charge >= 0.3 is 6.09 Å². The third-order valence-corrected chi connectivity index (χ3v) is 3.93. The number of unbranched alkanes of at least 4 members (excludes halogenated alkanes) is 1. The number of rotatable bonds is 10. The molecule has 0 aromatic heterocycles. The van der Waals surface area contributed by atoms with Crippen LogP contribution in [0.5, 0.6) is 0 Å². The topological polar surface area (TPSA) is 78.0 Å². The second kappa shape index (κ2) is 12.1. The minimum absolute atomic E-state index is 0.421. The maximum atomic E-state index is 12.0. The van der Waals surface area contributed by atoms with Crippen molar-refractivity contribution in [3.8, 4) is 0 Å². The van der Waals surface area contributed by atoms with Gasteiger partial charge in [-0.2, -0.15) is 0 Å². The third-order valence-electron chi connectivity index (χ3n) is 3.93. The summed E-state index contributed by atoms with van der Waals surface area (Å²) < 4.78 is 5.32. The first-order chi connectivity index (χ1) is 12.4. The van der Waals surface area contributed by atoms with Crippen LogP contribution in [-0.4, -0.2) is 67.4 Å². The van der Waals surface area contributed by atoms with Gasteiger partial charge in [0.25, 0.3) is 0 Å². The Morgan fingerprint density at radius 3 is 2.26 bits per heavy atom. The molecule has 0 radical (unpaired) electrons. The quantitative estimate of drug-likeness (QED) is 0.306. The highest BCUT2D eigenvalue weighted by Gasteiger charge is 2.24. The molecule has 0 atom stereocenters. The summed E-state index contributed by atoms with van der Waals surface area (Å²) >= 11 is 0. The molecule has 1 amide bonds. The van der Waals surface area contributed by atoms with Gasteiger partial charge in [0.15, 0.2) is 5.96 Å². The fourth-order valence-corrected chi connectivity index (χ4v) is 2.19. The van der Waals surface area contributed by atoms with Crippen molar-refractivity contribution in [3.63, 3.8) is 0 Å². The number of carbonyl (C=O) groups is 1. The number of hydrogen-bond acceptors (Lipinski definition) is 4. The zero-order valence-corrected chi connectivity index (χ0v) is 19.0. The number of hydrogen-bond donors (Lipinski definition) is 3. The maximum Gasteiger partial charge on any atom is 0.408 e. The molecule has 0 aromatic rings. The van der Waals surface area contributed by atoms with E-state index in [1.807, 2.05) is 41.5 Å². The van der Waals surface area contributed by atoms with E-state index in [0.717, 1.165) is 38.4 Å². The lowest BCUT2D eigenvalue weighted by molar-refractivity contribution is 0.0476. The summed E-state index contributed by atoms with van der Waals surface area (Å²) in [6, 6.07) is 0.580. The zero-order chi connectivity index (χ0) is 21.1. The Kier molecular flexibility index (Phi) is 11.4. The second-order valence-corrected chi connectivity index (χ2v) is 8.91. The second-order valence-electron chi connectivity index (χ2n) is 8.91. The smallest absolute Gasteiger partial charge is 0.408 e. The first-order valence-electron chi connectivity index (χ1n) is 10.1. The Morgan fingerprint density at radius 1 is 1.11 bits per heavy atom. The number of amides is 1. The lowest BCUT2D eigenvalue weighted by Crippen LogP contribution is -2.49. The molecule has 0 aliphatic rings. The molecule has 0 rings (SSSR count). The Balaban J connectivity index is 4.42. The highest BCUT2D eigenvalue weighted by Crippen LogP contribution is 2.09. The van der Waals surface area contributed by atoms with E-state index >= 15 is 0 Å². The number of carbonyl (C=O) groups excluding carboxylic acids is 1. The van der Waals surface area contributed by atoms with Crippen LogP contribution in [0.1, 0.15) is 68.2 Å². The summed E-state index contributed by atoms with van der Waals surface area (Å²) in [5.41, 5.74) is -1.01. The standard InChI is InChI=1S/C20H43N5O2/c1-10-21-17(22-13-11-12-14-25(9)16(2)3)23-15-20(7,8)24-18(26)27-19(4,5)6/h16H,10-15H2,1-9H3,(H,24,26)(H2,21,22,23). The Labute approximate surface area is 166 Å². The summed E-state index contributed by atoms with van der Waals surface area (Å²) in [4.78, 5) is 18.9. The van der Waals surface area contributed by atoms with E-state index in [1.54, 1.807) is 0 Å². The van der Waals surface area contributed by atoms with Crippen molar-refractivity contribution < 1.29 is 9.53 Å². The van der Waals surface area contributed by atoms with E-state index in [-0.39, 0.29) is 0 Å². The molecule has 0 spiro atoms. The van der Waals surface area contributed by atoms with Crippen LogP contribution < -0.4 is 16.0 Å². The van der Waals surface area contributed by atoms with E-state index in [2.05, 4.69) is 46.7 Å². The van der Waals surface area contributed by atoms with Crippen molar-refractivity contribution in [2.75, 3.05) is 33.2 Å². The number of guanidine groups is 1. The van der Waals surface area contributed by atoms with Gasteiger partial charge in [-0.25, -0.2) is 4.79 Å². The molecule has 0 heterocycles. The average Bonchev–Trinajstić information content (AvgIpc) is 2.49. The zero-order valence-electron chi connectivity index (χ0n) is 19.0. The number of ether oxygens (including phenoxy) is 1. The lowest BCUT2D eigenvalue weighted by Gasteiger charge is -2.27. The molecule has 7 heteroatoms. The van der Waals surface area contributed by atoms with Gasteiger partial charge in [-0.1, -0.05) is 0 Å². The highest BCUT2D eigenvalue weighted by molar-refractivity contribution is 5.79. The maximum absolute atomic E-state index is 12.0. The van der Waals surface area contributed by atoms with Gasteiger partial charge in [-0.3, -0.25) is 4.99 Å². The Bertz CT molecular complexity index is 456. The van der Waals surface area contributed by atoms with Crippen molar-refractivity contribution in [2.24, 2.45) is 4.99 Å². The van der Waals surface area contributed by atoms with Crippen molar-refractivity contribution in [3.05, 3.63) is 0 Å². The molecule has 7 nitrogen and oxygen atoms in total. The minimum atomic E-state index is -0.510. The predicted molar refractivity (Wildman–Crippen MR) is 114 cm³/mol. The summed E-state index contributed by atoms with van der Waals surface area (Å²) in [6.45, 7) is 19.1. The largest absolute Gasteiger partial charge is 0.444 e. The van der Waals surface area contributed by atoms with Crippen LogP contribution in [-0.2, 0) is 4.74 Å². The van der Waals surface area contributed by atoms with Crippen molar-refractivity contribution in [2.45, 2.75) is 85.4 Å². The van der Waals surface area contributed by atoms with E-state index in [9.17, 15) is 4.79 Å². The van der Waals surface area contributed by atoms with Gasteiger partial charge in [0, 0.05) is 19.1 Å². The molecule has 3 N–H and O–H groups in total. The first kappa shape index (κ1) is 25.5. The van der Waals surface area contributed by atoms with E-state index in [1.165, 1.54) is 0 Å². The fraction of sp³-hybridized carbons (Fsp3) is 0.900. The number of nitrogens with zero attached hydrogens (tertiary/aromatic N) is 2. The van der Waals surface area contributed by atoms with Crippen LogP contribution in [0.15, 0.2) is 4.99 Å². The fourth-order valence-electron chi connectivity index (χ4n) is 2.19. The summed E-state index contributed by atoms with van der Waals surface area (Å²) in [6.07, 6.45) is 1.81. The normalized spacial score (nSPS) is 13.1. The third kappa shape index (κ3) is 14.3. The minimum Gasteiger partial charge on any atom is -0.444 e. The van der Waals surface area contributed by atoms with Crippen LogP contribution in [0.3, 0.4) is 0 Å². The number of aliphatic imine (C=N–C) groups is 1. The van der Waals surface area contributed by atoms with E-state index in [4.69, 9.17) is 4.74 Å². The number of nitrogens with one attached hydrogen (secondary N) is 3. The molecular formula is C20H43N5O2. The van der Waals surface area contributed by atoms with Crippen molar-refractivity contribution in [1.82, 2.24) is 20.9 Å². The van der Waals surface area contributed by atoms with Crippen LogP contribution in [0.25, 0.3) is 0 Å².